The Morgan fingerprint density at radius 1 is 1.52 bits per heavy atom. The molecule has 1 N–H and O–H groups in total. The van der Waals surface area contributed by atoms with Crippen LogP contribution in [0.15, 0.2) is 22.7 Å². The first-order chi connectivity index (χ1) is 10.1. The highest BCUT2D eigenvalue weighted by Gasteiger charge is 2.23. The summed E-state index contributed by atoms with van der Waals surface area (Å²) in [6.07, 6.45) is 2.87. The van der Waals surface area contributed by atoms with Gasteiger partial charge in [0.1, 0.15) is 5.75 Å². The number of carbonyl (C=O) groups excluding carboxylic acids is 1. The summed E-state index contributed by atoms with van der Waals surface area (Å²) in [7, 11) is 0. The zero-order valence-corrected chi connectivity index (χ0v) is 13.9. The summed E-state index contributed by atoms with van der Waals surface area (Å²) in [5, 5.41) is 9.01. The third-order valence-corrected chi connectivity index (χ3v) is 4.47. The van der Waals surface area contributed by atoms with Crippen molar-refractivity contribution >= 4 is 21.8 Å². The van der Waals surface area contributed by atoms with Crippen molar-refractivity contribution in [1.82, 2.24) is 4.90 Å². The van der Waals surface area contributed by atoms with Crippen LogP contribution < -0.4 is 4.74 Å². The molecule has 1 aliphatic rings. The highest BCUT2D eigenvalue weighted by molar-refractivity contribution is 9.10. The SMILES string of the molecule is Cc1ccc(OCC(=O)N2CCCC(CCO)C2)c(Br)c1. The maximum atomic E-state index is 12.2. The molecule has 1 atom stereocenters. The molecular formula is C16H22BrNO3. The predicted molar refractivity (Wildman–Crippen MR) is 85.4 cm³/mol. The van der Waals surface area contributed by atoms with Crippen molar-refractivity contribution in [2.75, 3.05) is 26.3 Å². The van der Waals surface area contributed by atoms with E-state index >= 15 is 0 Å². The molecule has 1 fully saturated rings. The van der Waals surface area contributed by atoms with E-state index in [-0.39, 0.29) is 19.1 Å². The van der Waals surface area contributed by atoms with Gasteiger partial charge in [-0.15, -0.1) is 0 Å². The first kappa shape index (κ1) is 16.3. The van der Waals surface area contributed by atoms with Gasteiger partial charge in [0, 0.05) is 19.7 Å². The number of hydrogen-bond donors (Lipinski definition) is 1. The number of ether oxygens (including phenoxy) is 1. The lowest BCUT2D eigenvalue weighted by atomic mass is 9.95. The lowest BCUT2D eigenvalue weighted by Crippen LogP contribution is -2.42. The molecule has 0 radical (unpaired) electrons. The molecule has 5 heteroatoms. The molecule has 1 aliphatic heterocycles. The van der Waals surface area contributed by atoms with Gasteiger partial charge in [-0.25, -0.2) is 0 Å². The van der Waals surface area contributed by atoms with Gasteiger partial charge in [0.05, 0.1) is 4.47 Å². The number of hydrogen-bond acceptors (Lipinski definition) is 3. The van der Waals surface area contributed by atoms with Crippen molar-refractivity contribution < 1.29 is 14.6 Å². The third kappa shape index (κ3) is 4.71. The summed E-state index contributed by atoms with van der Waals surface area (Å²) in [4.78, 5) is 14.1. The van der Waals surface area contributed by atoms with E-state index < -0.39 is 0 Å². The van der Waals surface area contributed by atoms with Gasteiger partial charge in [-0.05, 0) is 65.7 Å². The highest BCUT2D eigenvalue weighted by atomic mass is 79.9. The van der Waals surface area contributed by atoms with E-state index in [1.165, 1.54) is 0 Å². The van der Waals surface area contributed by atoms with Crippen LogP contribution in [0, 0.1) is 12.8 Å². The molecule has 0 aromatic heterocycles. The zero-order valence-electron chi connectivity index (χ0n) is 12.3. The quantitative estimate of drug-likeness (QED) is 0.883. The van der Waals surface area contributed by atoms with E-state index in [2.05, 4.69) is 15.9 Å². The lowest BCUT2D eigenvalue weighted by Gasteiger charge is -2.32. The van der Waals surface area contributed by atoms with E-state index in [0.717, 1.165) is 42.4 Å². The summed E-state index contributed by atoms with van der Waals surface area (Å²) in [6.45, 7) is 3.79. The fraction of sp³-hybridized carbons (Fsp3) is 0.562. The fourth-order valence-electron chi connectivity index (χ4n) is 2.66. The van der Waals surface area contributed by atoms with Crippen molar-refractivity contribution in [2.45, 2.75) is 26.2 Å². The lowest BCUT2D eigenvalue weighted by molar-refractivity contribution is -0.135. The molecular weight excluding hydrogens is 334 g/mol. The number of amides is 1. The topological polar surface area (TPSA) is 49.8 Å². The van der Waals surface area contributed by atoms with Gasteiger partial charge in [-0.2, -0.15) is 0 Å². The Morgan fingerprint density at radius 2 is 2.33 bits per heavy atom. The molecule has 1 unspecified atom stereocenters. The predicted octanol–water partition coefficient (Wildman–Crippen LogP) is 2.76. The van der Waals surface area contributed by atoms with Gasteiger partial charge in [0.25, 0.3) is 5.91 Å². The van der Waals surface area contributed by atoms with Gasteiger partial charge in [-0.1, -0.05) is 6.07 Å². The van der Waals surface area contributed by atoms with E-state index in [9.17, 15) is 4.79 Å². The first-order valence-corrected chi connectivity index (χ1v) is 8.17. The Morgan fingerprint density at radius 3 is 3.05 bits per heavy atom. The van der Waals surface area contributed by atoms with Gasteiger partial charge in [0.2, 0.25) is 0 Å². The number of aliphatic hydroxyl groups excluding tert-OH is 1. The highest BCUT2D eigenvalue weighted by Crippen LogP contribution is 2.26. The second kappa shape index (κ2) is 7.80. The molecule has 1 aromatic carbocycles. The molecule has 0 aliphatic carbocycles. The molecule has 1 saturated heterocycles. The van der Waals surface area contributed by atoms with Crippen molar-refractivity contribution in [1.29, 1.82) is 0 Å². The molecule has 1 heterocycles. The Balaban J connectivity index is 1.86. The maximum absolute atomic E-state index is 12.2. The molecule has 2 rings (SSSR count). The van der Waals surface area contributed by atoms with Crippen LogP contribution in [0.1, 0.15) is 24.8 Å². The number of aliphatic hydroxyl groups is 1. The molecule has 4 nitrogen and oxygen atoms in total. The second-order valence-corrected chi connectivity index (χ2v) is 6.44. The van der Waals surface area contributed by atoms with Crippen LogP contribution in [0.2, 0.25) is 0 Å². The number of aryl methyl sites for hydroxylation is 1. The summed E-state index contributed by atoms with van der Waals surface area (Å²) >= 11 is 3.45. The number of nitrogens with zero attached hydrogens (tertiary/aromatic N) is 1. The minimum absolute atomic E-state index is 0.0186. The minimum Gasteiger partial charge on any atom is -0.483 e. The number of rotatable bonds is 5. The van der Waals surface area contributed by atoms with Crippen LogP contribution in [-0.4, -0.2) is 42.2 Å². The second-order valence-electron chi connectivity index (χ2n) is 5.58. The number of piperidine rings is 1. The zero-order chi connectivity index (χ0) is 15.2. The van der Waals surface area contributed by atoms with E-state index in [4.69, 9.17) is 9.84 Å². The summed E-state index contributed by atoms with van der Waals surface area (Å²) in [6, 6.07) is 5.80. The van der Waals surface area contributed by atoms with Crippen LogP contribution in [0.4, 0.5) is 0 Å². The monoisotopic (exact) mass is 355 g/mol. The standard InChI is InChI=1S/C16H22BrNO3/c1-12-4-5-15(14(17)9-12)21-11-16(20)18-7-2-3-13(10-18)6-8-19/h4-5,9,13,19H,2-3,6-8,10-11H2,1H3. The van der Waals surface area contributed by atoms with Gasteiger partial charge in [-0.3, -0.25) is 4.79 Å². The molecule has 0 bridgehead atoms. The Labute approximate surface area is 134 Å². The van der Waals surface area contributed by atoms with Crippen LogP contribution in [0.5, 0.6) is 5.75 Å². The molecule has 1 aromatic rings. The van der Waals surface area contributed by atoms with Gasteiger partial charge in [0.15, 0.2) is 6.61 Å². The minimum atomic E-state index is 0.0186. The Kier molecular flexibility index (Phi) is 6.06. The molecule has 21 heavy (non-hydrogen) atoms. The Hall–Kier alpha value is -1.07. The van der Waals surface area contributed by atoms with Gasteiger partial charge >= 0.3 is 0 Å². The van der Waals surface area contributed by atoms with Crippen molar-refractivity contribution in [2.24, 2.45) is 5.92 Å². The summed E-state index contributed by atoms with van der Waals surface area (Å²) < 4.78 is 6.48. The van der Waals surface area contributed by atoms with E-state index in [1.54, 1.807) is 0 Å². The number of benzene rings is 1. The van der Waals surface area contributed by atoms with Crippen LogP contribution in [0.25, 0.3) is 0 Å². The van der Waals surface area contributed by atoms with Crippen LogP contribution in [-0.2, 0) is 4.79 Å². The van der Waals surface area contributed by atoms with Crippen LogP contribution >= 0.6 is 15.9 Å². The molecule has 1 amide bonds. The Bertz CT molecular complexity index is 490. The smallest absolute Gasteiger partial charge is 0.260 e. The first-order valence-electron chi connectivity index (χ1n) is 7.37. The average Bonchev–Trinajstić information content (AvgIpc) is 2.47. The normalized spacial score (nSPS) is 18.6. The number of carbonyl (C=O) groups is 1. The molecule has 0 spiro atoms. The van der Waals surface area contributed by atoms with Gasteiger partial charge < -0.3 is 14.7 Å². The summed E-state index contributed by atoms with van der Waals surface area (Å²) in [5.74, 6) is 1.13. The molecule has 0 saturated carbocycles. The largest absolute Gasteiger partial charge is 0.483 e. The van der Waals surface area contributed by atoms with Crippen molar-refractivity contribution in [3.05, 3.63) is 28.2 Å². The number of halogens is 1. The van der Waals surface area contributed by atoms with Crippen molar-refractivity contribution in [3.63, 3.8) is 0 Å². The average molecular weight is 356 g/mol. The summed E-state index contributed by atoms with van der Waals surface area (Å²) in [5.41, 5.74) is 1.14. The maximum Gasteiger partial charge on any atom is 0.260 e. The van der Waals surface area contributed by atoms with Crippen molar-refractivity contribution in [3.8, 4) is 5.75 Å². The molecule has 116 valence electrons. The van der Waals surface area contributed by atoms with E-state index in [0.29, 0.717) is 11.7 Å². The third-order valence-electron chi connectivity index (χ3n) is 3.85. The van der Waals surface area contributed by atoms with Crippen LogP contribution in [0.3, 0.4) is 0 Å². The number of likely N-dealkylation sites (tertiary alicyclic amines) is 1. The fourth-order valence-corrected chi connectivity index (χ4v) is 3.27. The van der Waals surface area contributed by atoms with E-state index in [1.807, 2.05) is 30.0 Å².